The zero-order chi connectivity index (χ0) is 27.7. The Hall–Kier alpha value is -2.42. The van der Waals surface area contributed by atoms with Gasteiger partial charge in [-0.2, -0.15) is 4.31 Å². The van der Waals surface area contributed by atoms with E-state index in [-0.39, 0.29) is 34.3 Å². The van der Waals surface area contributed by atoms with Gasteiger partial charge >= 0.3 is 0 Å². The maximum absolute atomic E-state index is 13.8. The molecule has 200 valence electrons. The molecule has 4 aromatic rings. The SMILES string of the molecule is CC(c1nc2ccccc2c(=O)n1C)N(CCNS(=O)(=O)c1ccc(Br)cc1)S(=O)(=O)c1ccc(Br)cc1. The van der Waals surface area contributed by atoms with Crippen molar-refractivity contribution in [3.05, 3.63) is 97.9 Å². The summed E-state index contributed by atoms with van der Waals surface area (Å²) in [5.41, 5.74) is 0.128. The van der Waals surface area contributed by atoms with Gasteiger partial charge in [0.05, 0.1) is 26.7 Å². The molecular weight excluding hydrogens is 660 g/mol. The predicted octanol–water partition coefficient (Wildman–Crippen LogP) is 4.19. The van der Waals surface area contributed by atoms with E-state index >= 15 is 0 Å². The Balaban J connectivity index is 1.71. The van der Waals surface area contributed by atoms with Crippen molar-refractivity contribution in [2.45, 2.75) is 22.8 Å². The third-order valence-corrected chi connectivity index (χ3v) is 10.5. The van der Waals surface area contributed by atoms with Gasteiger partial charge in [-0.15, -0.1) is 0 Å². The van der Waals surface area contributed by atoms with Crippen molar-refractivity contribution in [2.24, 2.45) is 7.05 Å². The molecule has 1 atom stereocenters. The maximum Gasteiger partial charge on any atom is 0.261 e. The first-order valence-electron chi connectivity index (χ1n) is 11.4. The number of nitrogens with one attached hydrogen (secondary N) is 1. The summed E-state index contributed by atoms with van der Waals surface area (Å²) in [4.78, 5) is 17.7. The molecule has 4 rings (SSSR count). The smallest absolute Gasteiger partial charge is 0.261 e. The van der Waals surface area contributed by atoms with Crippen LogP contribution in [0.4, 0.5) is 0 Å². The Morgan fingerprint density at radius 3 is 2.05 bits per heavy atom. The number of nitrogens with zero attached hydrogens (tertiary/aromatic N) is 3. The lowest BCUT2D eigenvalue weighted by molar-refractivity contribution is 0.327. The third-order valence-electron chi connectivity index (χ3n) is 5.99. The molecule has 1 aromatic heterocycles. The largest absolute Gasteiger partial charge is 0.298 e. The molecule has 1 heterocycles. The molecule has 0 saturated carbocycles. The van der Waals surface area contributed by atoms with Crippen molar-refractivity contribution in [3.63, 3.8) is 0 Å². The van der Waals surface area contributed by atoms with E-state index in [1.807, 2.05) is 0 Å². The monoisotopic (exact) mass is 682 g/mol. The Morgan fingerprint density at radius 1 is 0.895 bits per heavy atom. The first-order valence-corrected chi connectivity index (χ1v) is 15.9. The average molecular weight is 684 g/mol. The van der Waals surface area contributed by atoms with Crippen LogP contribution >= 0.6 is 31.9 Å². The second kappa shape index (κ2) is 11.4. The first-order chi connectivity index (χ1) is 17.9. The summed E-state index contributed by atoms with van der Waals surface area (Å²) in [5, 5.41) is 0.413. The van der Waals surface area contributed by atoms with E-state index in [2.05, 4.69) is 41.6 Å². The molecule has 0 aliphatic carbocycles. The first kappa shape index (κ1) is 28.6. The van der Waals surface area contributed by atoms with Crippen LogP contribution < -0.4 is 10.3 Å². The van der Waals surface area contributed by atoms with Crippen LogP contribution in [0, 0.1) is 0 Å². The molecule has 0 amide bonds. The molecule has 0 aliphatic rings. The highest BCUT2D eigenvalue weighted by Crippen LogP contribution is 2.27. The predicted molar refractivity (Wildman–Crippen MR) is 153 cm³/mol. The summed E-state index contributed by atoms with van der Waals surface area (Å²) in [5.74, 6) is 0.227. The summed E-state index contributed by atoms with van der Waals surface area (Å²) in [7, 11) is -6.48. The molecule has 0 saturated heterocycles. The normalized spacial score (nSPS) is 13.2. The zero-order valence-corrected chi connectivity index (χ0v) is 25.2. The molecule has 0 spiro atoms. The van der Waals surface area contributed by atoms with Crippen LogP contribution in [-0.2, 0) is 27.1 Å². The minimum Gasteiger partial charge on any atom is -0.298 e. The van der Waals surface area contributed by atoms with Gasteiger partial charge in [0.15, 0.2) is 0 Å². The highest BCUT2D eigenvalue weighted by molar-refractivity contribution is 9.10. The fourth-order valence-electron chi connectivity index (χ4n) is 3.99. The van der Waals surface area contributed by atoms with E-state index in [1.165, 1.54) is 35.9 Å². The molecule has 0 bridgehead atoms. The fourth-order valence-corrected chi connectivity index (χ4v) is 7.13. The van der Waals surface area contributed by atoms with Crippen LogP contribution in [0.25, 0.3) is 10.9 Å². The van der Waals surface area contributed by atoms with Crippen molar-refractivity contribution in [2.75, 3.05) is 13.1 Å². The number of hydrogen-bond acceptors (Lipinski definition) is 6. The standard InChI is InChI=1S/C25H24Br2N4O5S2/c1-17(24-29-23-6-4-3-5-22(23)25(32)30(24)2)31(38(35,36)21-13-9-19(27)10-14-21)16-15-28-37(33,34)20-11-7-18(26)8-12-20/h3-14,17,28H,15-16H2,1-2H3. The highest BCUT2D eigenvalue weighted by Gasteiger charge is 2.32. The lowest BCUT2D eigenvalue weighted by Gasteiger charge is -2.29. The Labute approximate surface area is 237 Å². The number of sulfonamides is 2. The quantitative estimate of drug-likeness (QED) is 0.283. The van der Waals surface area contributed by atoms with Crippen LogP contribution in [0.5, 0.6) is 0 Å². The van der Waals surface area contributed by atoms with Crippen LogP contribution in [-0.4, -0.2) is 43.8 Å². The minimum absolute atomic E-state index is 0.0223. The Kier molecular flexibility index (Phi) is 8.55. The van der Waals surface area contributed by atoms with E-state index < -0.39 is 26.1 Å². The van der Waals surface area contributed by atoms with Gasteiger partial charge in [-0.1, -0.05) is 44.0 Å². The molecule has 9 nitrogen and oxygen atoms in total. The summed E-state index contributed by atoms with van der Waals surface area (Å²) in [6.45, 7) is 1.20. The van der Waals surface area contributed by atoms with Gasteiger partial charge in [0.1, 0.15) is 5.82 Å². The van der Waals surface area contributed by atoms with Gasteiger partial charge in [0.25, 0.3) is 5.56 Å². The fraction of sp³-hybridized carbons (Fsp3) is 0.200. The molecule has 0 fully saturated rings. The molecule has 38 heavy (non-hydrogen) atoms. The molecule has 3 aromatic carbocycles. The van der Waals surface area contributed by atoms with Crippen molar-refractivity contribution >= 4 is 62.8 Å². The van der Waals surface area contributed by atoms with E-state index in [1.54, 1.807) is 55.5 Å². The lowest BCUT2D eigenvalue weighted by atomic mass is 10.2. The number of rotatable bonds is 9. The molecule has 0 radical (unpaired) electrons. The Bertz CT molecular complexity index is 1740. The average Bonchev–Trinajstić information content (AvgIpc) is 2.89. The van der Waals surface area contributed by atoms with Gasteiger partial charge in [0, 0.05) is 29.1 Å². The number of aromatic nitrogens is 2. The third kappa shape index (κ3) is 5.92. The van der Waals surface area contributed by atoms with Crippen molar-refractivity contribution in [3.8, 4) is 0 Å². The zero-order valence-electron chi connectivity index (χ0n) is 20.4. The van der Waals surface area contributed by atoms with Gasteiger partial charge in [-0.3, -0.25) is 9.36 Å². The van der Waals surface area contributed by atoms with Crippen molar-refractivity contribution < 1.29 is 16.8 Å². The van der Waals surface area contributed by atoms with Crippen LogP contribution in [0.15, 0.2) is 96.3 Å². The summed E-state index contributed by atoms with van der Waals surface area (Å²) >= 11 is 6.58. The van der Waals surface area contributed by atoms with Crippen LogP contribution in [0.1, 0.15) is 18.8 Å². The van der Waals surface area contributed by atoms with E-state index in [9.17, 15) is 21.6 Å². The number of benzene rings is 3. The maximum atomic E-state index is 13.8. The minimum atomic E-state index is -4.12. The van der Waals surface area contributed by atoms with Crippen molar-refractivity contribution in [1.82, 2.24) is 18.6 Å². The Morgan fingerprint density at radius 2 is 1.45 bits per heavy atom. The lowest BCUT2D eigenvalue weighted by Crippen LogP contribution is -2.41. The molecule has 1 unspecified atom stereocenters. The number of hydrogen-bond donors (Lipinski definition) is 1. The number of halogens is 2. The van der Waals surface area contributed by atoms with Gasteiger partial charge in [-0.25, -0.2) is 26.5 Å². The van der Waals surface area contributed by atoms with Crippen LogP contribution in [0.2, 0.25) is 0 Å². The van der Waals surface area contributed by atoms with Gasteiger partial charge in [0.2, 0.25) is 20.0 Å². The summed E-state index contributed by atoms with van der Waals surface area (Å²) in [6, 6.07) is 18.1. The van der Waals surface area contributed by atoms with Gasteiger partial charge < -0.3 is 0 Å². The van der Waals surface area contributed by atoms with E-state index in [0.717, 1.165) is 8.78 Å². The van der Waals surface area contributed by atoms with Gasteiger partial charge in [-0.05, 0) is 67.6 Å². The summed E-state index contributed by atoms with van der Waals surface area (Å²) in [6.07, 6.45) is 0. The second-order valence-electron chi connectivity index (χ2n) is 8.45. The highest BCUT2D eigenvalue weighted by atomic mass is 79.9. The summed E-state index contributed by atoms with van der Waals surface area (Å²) < 4.78 is 59.6. The van der Waals surface area contributed by atoms with Crippen molar-refractivity contribution in [1.29, 1.82) is 0 Å². The topological polar surface area (TPSA) is 118 Å². The molecule has 13 heteroatoms. The van der Waals surface area contributed by atoms with E-state index in [4.69, 9.17) is 0 Å². The molecule has 1 N–H and O–H groups in total. The second-order valence-corrected chi connectivity index (χ2v) is 13.9. The number of fused-ring (bicyclic) bond motifs is 1. The molecule has 0 aliphatic heterocycles. The van der Waals surface area contributed by atoms with E-state index in [0.29, 0.717) is 15.4 Å². The number of para-hydroxylation sites is 1. The molecular formula is C25H24Br2N4O5S2. The van der Waals surface area contributed by atoms with Crippen LogP contribution in [0.3, 0.4) is 0 Å².